The van der Waals surface area contributed by atoms with E-state index >= 15 is 0 Å². The van der Waals surface area contributed by atoms with Crippen LogP contribution in [0.2, 0.25) is 0 Å². The molecule has 1 saturated heterocycles. The van der Waals surface area contributed by atoms with E-state index in [0.717, 1.165) is 12.2 Å². The highest BCUT2D eigenvalue weighted by Gasteiger charge is 2.39. The fraction of sp³-hybridized carbons (Fsp3) is 0.846. The van der Waals surface area contributed by atoms with E-state index < -0.39 is 17.3 Å². The smallest absolute Gasteiger partial charge is 0.316 e. The van der Waals surface area contributed by atoms with Crippen LogP contribution in [0.3, 0.4) is 0 Å². The van der Waals surface area contributed by atoms with Crippen LogP contribution < -0.4 is 5.32 Å². The molecule has 2 atom stereocenters. The van der Waals surface area contributed by atoms with E-state index in [4.69, 9.17) is 5.11 Å². The van der Waals surface area contributed by atoms with E-state index in [1.807, 2.05) is 11.8 Å². The zero-order valence-electron chi connectivity index (χ0n) is 11.6. The van der Waals surface area contributed by atoms with E-state index in [9.17, 15) is 9.59 Å². The lowest BCUT2D eigenvalue weighted by Gasteiger charge is -2.28. The maximum atomic E-state index is 12.0. The summed E-state index contributed by atoms with van der Waals surface area (Å²) in [6.07, 6.45) is 2.24. The molecule has 1 amide bonds. The van der Waals surface area contributed by atoms with E-state index in [0.29, 0.717) is 6.54 Å². The number of carboxylic acids is 1. The summed E-state index contributed by atoms with van der Waals surface area (Å²) >= 11 is 1.85. The molecule has 0 aromatic rings. The molecule has 1 aliphatic heterocycles. The molecular weight excluding hydrogens is 250 g/mol. The van der Waals surface area contributed by atoms with Crippen LogP contribution in [0.1, 0.15) is 40.5 Å². The van der Waals surface area contributed by atoms with Gasteiger partial charge in [-0.15, -0.1) is 0 Å². The second-order valence-corrected chi connectivity index (χ2v) is 7.94. The number of carboxylic acid groups (broad SMARTS) is 1. The Balaban J connectivity index is 2.60. The number of carbonyl (C=O) groups is 2. The van der Waals surface area contributed by atoms with Crippen molar-refractivity contribution >= 4 is 23.6 Å². The van der Waals surface area contributed by atoms with Crippen molar-refractivity contribution in [3.05, 3.63) is 0 Å². The predicted molar refractivity (Wildman–Crippen MR) is 73.7 cm³/mol. The summed E-state index contributed by atoms with van der Waals surface area (Å²) in [5.74, 6) is -1.30. The highest BCUT2D eigenvalue weighted by Crippen LogP contribution is 2.37. The molecular formula is C13H23NO3S. The van der Waals surface area contributed by atoms with E-state index in [1.54, 1.807) is 20.8 Å². The van der Waals surface area contributed by atoms with E-state index in [2.05, 4.69) is 12.2 Å². The van der Waals surface area contributed by atoms with Gasteiger partial charge in [-0.05, 0) is 30.9 Å². The van der Waals surface area contributed by atoms with Crippen LogP contribution in [0, 0.1) is 11.3 Å². The van der Waals surface area contributed by atoms with Gasteiger partial charge in [-0.25, -0.2) is 0 Å². The number of hydrogen-bond donors (Lipinski definition) is 2. The van der Waals surface area contributed by atoms with Crippen LogP contribution in [0.15, 0.2) is 0 Å². The Morgan fingerprint density at radius 3 is 2.44 bits per heavy atom. The standard InChI is InChI=1S/C13H23NO3S/c1-12(2,3)9(11(16)17)10(15)14-8-13(4)6-5-7-18-13/h9H,5-8H2,1-4H3,(H,14,15)(H,16,17). The highest BCUT2D eigenvalue weighted by molar-refractivity contribution is 8.00. The van der Waals surface area contributed by atoms with Crippen molar-refractivity contribution in [1.82, 2.24) is 5.32 Å². The number of carbonyl (C=O) groups excluding carboxylic acids is 1. The van der Waals surface area contributed by atoms with Crippen molar-refractivity contribution in [2.75, 3.05) is 12.3 Å². The quantitative estimate of drug-likeness (QED) is 0.770. The SMILES string of the molecule is CC1(CNC(=O)C(C(=O)O)C(C)(C)C)CCCS1. The molecule has 0 bridgehead atoms. The normalized spacial score (nSPS) is 25.8. The molecule has 18 heavy (non-hydrogen) atoms. The molecule has 0 aromatic heterocycles. The Bertz CT molecular complexity index is 330. The van der Waals surface area contributed by atoms with Gasteiger partial charge in [0.05, 0.1) is 0 Å². The maximum Gasteiger partial charge on any atom is 0.316 e. The summed E-state index contributed by atoms with van der Waals surface area (Å²) in [6, 6.07) is 0. The number of nitrogens with one attached hydrogen (secondary N) is 1. The van der Waals surface area contributed by atoms with Crippen LogP contribution >= 0.6 is 11.8 Å². The minimum atomic E-state index is -1.05. The number of thioether (sulfide) groups is 1. The first-order valence-corrected chi connectivity index (χ1v) is 7.29. The Morgan fingerprint density at radius 2 is 2.06 bits per heavy atom. The predicted octanol–water partition coefficient (Wildman–Crippen LogP) is 2.14. The number of aliphatic carboxylic acids is 1. The molecule has 1 fully saturated rings. The monoisotopic (exact) mass is 273 g/mol. The third-order valence-electron chi connectivity index (χ3n) is 3.31. The average Bonchev–Trinajstić information content (AvgIpc) is 2.60. The second kappa shape index (κ2) is 5.51. The van der Waals surface area contributed by atoms with Gasteiger partial charge in [-0.2, -0.15) is 11.8 Å². The first kappa shape index (κ1) is 15.3. The molecule has 0 radical (unpaired) electrons. The van der Waals surface area contributed by atoms with Crippen LogP contribution in [0.4, 0.5) is 0 Å². The van der Waals surface area contributed by atoms with Gasteiger partial charge in [-0.3, -0.25) is 9.59 Å². The minimum Gasteiger partial charge on any atom is -0.481 e. The fourth-order valence-corrected chi connectivity index (χ4v) is 3.47. The zero-order chi connectivity index (χ0) is 14.0. The summed E-state index contributed by atoms with van der Waals surface area (Å²) in [5, 5.41) is 12.0. The van der Waals surface area contributed by atoms with Crippen LogP contribution in [-0.2, 0) is 9.59 Å². The van der Waals surface area contributed by atoms with E-state index in [-0.39, 0.29) is 10.7 Å². The summed E-state index contributed by atoms with van der Waals surface area (Å²) in [5.41, 5.74) is -0.570. The van der Waals surface area contributed by atoms with Gasteiger partial charge in [0.15, 0.2) is 0 Å². The van der Waals surface area contributed by atoms with Crippen molar-refractivity contribution in [3.8, 4) is 0 Å². The minimum absolute atomic E-state index is 0.0661. The Morgan fingerprint density at radius 1 is 1.44 bits per heavy atom. The van der Waals surface area contributed by atoms with Gasteiger partial charge in [0, 0.05) is 11.3 Å². The topological polar surface area (TPSA) is 66.4 Å². The lowest BCUT2D eigenvalue weighted by atomic mass is 9.80. The molecule has 5 heteroatoms. The van der Waals surface area contributed by atoms with Gasteiger partial charge in [0.1, 0.15) is 5.92 Å². The first-order valence-electron chi connectivity index (χ1n) is 6.30. The van der Waals surface area contributed by atoms with Gasteiger partial charge in [0.25, 0.3) is 0 Å². The van der Waals surface area contributed by atoms with Gasteiger partial charge < -0.3 is 10.4 Å². The molecule has 2 N–H and O–H groups in total. The number of hydrogen-bond acceptors (Lipinski definition) is 3. The lowest BCUT2D eigenvalue weighted by Crippen LogP contribution is -2.46. The van der Waals surface area contributed by atoms with Crippen molar-refractivity contribution < 1.29 is 14.7 Å². The molecule has 4 nitrogen and oxygen atoms in total. The number of amides is 1. The van der Waals surface area contributed by atoms with Crippen LogP contribution in [0.5, 0.6) is 0 Å². The summed E-state index contributed by atoms with van der Waals surface area (Å²) in [6.45, 7) is 8.00. The molecule has 0 saturated carbocycles. The van der Waals surface area contributed by atoms with Gasteiger partial charge >= 0.3 is 5.97 Å². The summed E-state index contributed by atoms with van der Waals surface area (Å²) < 4.78 is 0.0661. The zero-order valence-corrected chi connectivity index (χ0v) is 12.4. The second-order valence-electron chi connectivity index (χ2n) is 6.26. The van der Waals surface area contributed by atoms with Crippen LogP contribution in [0.25, 0.3) is 0 Å². The molecule has 104 valence electrons. The molecule has 1 heterocycles. The average molecular weight is 273 g/mol. The molecule has 0 spiro atoms. The molecule has 0 aromatic carbocycles. The lowest BCUT2D eigenvalue weighted by molar-refractivity contribution is -0.151. The van der Waals surface area contributed by atoms with Crippen molar-refractivity contribution in [3.63, 3.8) is 0 Å². The Hall–Kier alpha value is -0.710. The molecule has 1 rings (SSSR count). The van der Waals surface area contributed by atoms with Crippen molar-refractivity contribution in [1.29, 1.82) is 0 Å². The third-order valence-corrected chi connectivity index (χ3v) is 4.85. The molecule has 2 unspecified atom stereocenters. The molecule has 1 aliphatic rings. The first-order chi connectivity index (χ1) is 8.16. The number of rotatable bonds is 4. The highest BCUT2D eigenvalue weighted by atomic mass is 32.2. The fourth-order valence-electron chi connectivity index (χ4n) is 2.23. The van der Waals surface area contributed by atoms with E-state index in [1.165, 1.54) is 6.42 Å². The largest absolute Gasteiger partial charge is 0.481 e. The summed E-state index contributed by atoms with van der Waals surface area (Å²) in [4.78, 5) is 23.2. The van der Waals surface area contributed by atoms with Crippen molar-refractivity contribution in [2.45, 2.75) is 45.3 Å². The van der Waals surface area contributed by atoms with Crippen molar-refractivity contribution in [2.24, 2.45) is 11.3 Å². The third kappa shape index (κ3) is 3.90. The Kier molecular flexibility index (Phi) is 4.70. The Labute approximate surface area is 113 Å². The van der Waals surface area contributed by atoms with Gasteiger partial charge in [0.2, 0.25) is 5.91 Å². The van der Waals surface area contributed by atoms with Gasteiger partial charge in [-0.1, -0.05) is 20.8 Å². The summed E-state index contributed by atoms with van der Waals surface area (Å²) in [7, 11) is 0. The molecule has 0 aliphatic carbocycles. The maximum absolute atomic E-state index is 12.0. The van der Waals surface area contributed by atoms with Crippen LogP contribution in [-0.4, -0.2) is 34.0 Å².